The van der Waals surface area contributed by atoms with Crippen molar-refractivity contribution in [1.29, 1.82) is 5.26 Å². The highest BCUT2D eigenvalue weighted by atomic mass is 16.3. The van der Waals surface area contributed by atoms with Gasteiger partial charge in [0.05, 0.1) is 24.3 Å². The summed E-state index contributed by atoms with van der Waals surface area (Å²) in [7, 11) is 0. The smallest absolute Gasteiger partial charge is 0.238 e. The predicted octanol–water partition coefficient (Wildman–Crippen LogP) is 0.953. The first kappa shape index (κ1) is 13.5. The molecular weight excluding hydrogens is 242 g/mol. The van der Waals surface area contributed by atoms with Gasteiger partial charge in [0.2, 0.25) is 5.91 Å². The topological polar surface area (TPSA) is 76.4 Å². The zero-order valence-electron chi connectivity index (χ0n) is 10.7. The molecule has 5 nitrogen and oxygen atoms in total. The molecule has 1 atom stereocenters. The third-order valence-corrected chi connectivity index (χ3v) is 3.15. The van der Waals surface area contributed by atoms with Gasteiger partial charge in [-0.1, -0.05) is 0 Å². The molecule has 100 valence electrons. The van der Waals surface area contributed by atoms with Gasteiger partial charge in [-0.05, 0) is 43.7 Å². The largest absolute Gasteiger partial charge is 0.392 e. The maximum Gasteiger partial charge on any atom is 0.238 e. The first-order valence-corrected chi connectivity index (χ1v) is 6.38. The van der Waals surface area contributed by atoms with Gasteiger partial charge in [0.1, 0.15) is 0 Å². The number of aliphatic hydroxyl groups is 1. The van der Waals surface area contributed by atoms with Crippen LogP contribution >= 0.6 is 0 Å². The lowest BCUT2D eigenvalue weighted by Gasteiger charge is -2.29. The fourth-order valence-electron chi connectivity index (χ4n) is 2.21. The van der Waals surface area contributed by atoms with E-state index >= 15 is 0 Å². The Bertz CT molecular complexity index is 478. The zero-order chi connectivity index (χ0) is 13.7. The second kappa shape index (κ2) is 6.32. The lowest BCUT2D eigenvalue weighted by Crippen LogP contribution is -2.42. The third-order valence-electron chi connectivity index (χ3n) is 3.15. The number of amides is 1. The van der Waals surface area contributed by atoms with E-state index in [-0.39, 0.29) is 18.6 Å². The molecular formula is C14H17N3O2. The highest BCUT2D eigenvalue weighted by molar-refractivity contribution is 5.92. The summed E-state index contributed by atoms with van der Waals surface area (Å²) in [6, 6.07) is 8.78. The van der Waals surface area contributed by atoms with Crippen molar-refractivity contribution in [3.05, 3.63) is 29.8 Å². The quantitative estimate of drug-likeness (QED) is 0.847. The molecule has 0 unspecified atom stereocenters. The first-order chi connectivity index (χ1) is 9.17. The summed E-state index contributed by atoms with van der Waals surface area (Å²) in [4.78, 5) is 13.8. The predicted molar refractivity (Wildman–Crippen MR) is 71.5 cm³/mol. The molecule has 1 aliphatic heterocycles. The van der Waals surface area contributed by atoms with Gasteiger partial charge in [-0.15, -0.1) is 0 Å². The van der Waals surface area contributed by atoms with Crippen molar-refractivity contribution in [3.63, 3.8) is 0 Å². The number of piperidine rings is 1. The van der Waals surface area contributed by atoms with E-state index in [1.54, 1.807) is 24.3 Å². The molecule has 0 aromatic heterocycles. The molecule has 19 heavy (non-hydrogen) atoms. The fourth-order valence-corrected chi connectivity index (χ4v) is 2.21. The normalized spacial score (nSPS) is 19.7. The number of β-amino-alcohol motifs (C(OH)–C–C–N with tert-alkyl or cyclic N) is 1. The van der Waals surface area contributed by atoms with Gasteiger partial charge in [0.15, 0.2) is 0 Å². The number of benzene rings is 1. The second-order valence-corrected chi connectivity index (χ2v) is 4.77. The van der Waals surface area contributed by atoms with Gasteiger partial charge in [0.25, 0.3) is 0 Å². The van der Waals surface area contributed by atoms with Crippen molar-refractivity contribution in [1.82, 2.24) is 4.90 Å². The monoisotopic (exact) mass is 259 g/mol. The number of nitrogens with zero attached hydrogens (tertiary/aromatic N) is 2. The van der Waals surface area contributed by atoms with Crippen LogP contribution in [0.2, 0.25) is 0 Å². The number of likely N-dealkylation sites (tertiary alicyclic amines) is 1. The Kier molecular flexibility index (Phi) is 4.50. The molecule has 0 bridgehead atoms. The summed E-state index contributed by atoms with van der Waals surface area (Å²) < 4.78 is 0. The summed E-state index contributed by atoms with van der Waals surface area (Å²) in [5.74, 6) is -0.0983. The van der Waals surface area contributed by atoms with E-state index < -0.39 is 0 Å². The number of carbonyl (C=O) groups is 1. The number of anilines is 1. The molecule has 1 fully saturated rings. The molecule has 2 rings (SSSR count). The molecule has 2 N–H and O–H groups in total. The minimum absolute atomic E-state index is 0.0983. The van der Waals surface area contributed by atoms with Crippen LogP contribution in [0.15, 0.2) is 24.3 Å². The van der Waals surface area contributed by atoms with Gasteiger partial charge in [-0.25, -0.2) is 0 Å². The lowest BCUT2D eigenvalue weighted by atomic mass is 10.1. The molecule has 1 aliphatic rings. The van der Waals surface area contributed by atoms with Gasteiger partial charge < -0.3 is 10.4 Å². The van der Waals surface area contributed by atoms with Gasteiger partial charge in [-0.3, -0.25) is 9.69 Å². The average molecular weight is 259 g/mol. The van der Waals surface area contributed by atoms with Crippen LogP contribution in [0.25, 0.3) is 0 Å². The number of nitriles is 1. The Morgan fingerprint density at radius 2 is 2.21 bits per heavy atom. The van der Waals surface area contributed by atoms with Crippen LogP contribution in [-0.4, -0.2) is 41.7 Å². The number of nitrogens with one attached hydrogen (secondary N) is 1. The van der Waals surface area contributed by atoms with Gasteiger partial charge in [-0.2, -0.15) is 5.26 Å². The van der Waals surface area contributed by atoms with E-state index in [0.29, 0.717) is 17.8 Å². The highest BCUT2D eigenvalue weighted by Gasteiger charge is 2.19. The van der Waals surface area contributed by atoms with Crippen molar-refractivity contribution in [3.8, 4) is 6.07 Å². The minimum atomic E-state index is -0.323. The number of carbonyl (C=O) groups excluding carboxylic acids is 1. The lowest BCUT2D eigenvalue weighted by molar-refractivity contribution is -0.118. The number of hydrogen-bond acceptors (Lipinski definition) is 4. The zero-order valence-corrected chi connectivity index (χ0v) is 10.7. The standard InChI is InChI=1S/C14H17N3O2/c15-8-11-3-5-12(6-4-11)16-14(19)10-17-7-1-2-13(18)9-17/h3-6,13,18H,1-2,7,9-10H2,(H,16,19)/t13-/m0/s1. The molecule has 0 aliphatic carbocycles. The Balaban J connectivity index is 1.85. The van der Waals surface area contributed by atoms with E-state index in [2.05, 4.69) is 5.32 Å². The molecule has 1 heterocycles. The van der Waals surface area contributed by atoms with Crippen LogP contribution in [0.4, 0.5) is 5.69 Å². The van der Waals surface area contributed by atoms with E-state index in [4.69, 9.17) is 5.26 Å². The summed E-state index contributed by atoms with van der Waals surface area (Å²) in [5.41, 5.74) is 1.25. The van der Waals surface area contributed by atoms with Crippen molar-refractivity contribution in [2.24, 2.45) is 0 Å². The first-order valence-electron chi connectivity index (χ1n) is 6.38. The van der Waals surface area contributed by atoms with Crippen LogP contribution in [0.3, 0.4) is 0 Å². The Morgan fingerprint density at radius 3 is 2.84 bits per heavy atom. The molecule has 1 aromatic carbocycles. The fraction of sp³-hybridized carbons (Fsp3) is 0.429. The summed E-state index contributed by atoms with van der Waals surface area (Å²) in [5, 5.41) is 21.0. The Hall–Kier alpha value is -1.90. The van der Waals surface area contributed by atoms with Crippen LogP contribution in [0.1, 0.15) is 18.4 Å². The average Bonchev–Trinajstić information content (AvgIpc) is 2.39. The van der Waals surface area contributed by atoms with Crippen LogP contribution in [0, 0.1) is 11.3 Å². The van der Waals surface area contributed by atoms with Gasteiger partial charge >= 0.3 is 0 Å². The van der Waals surface area contributed by atoms with Crippen LogP contribution in [0.5, 0.6) is 0 Å². The second-order valence-electron chi connectivity index (χ2n) is 4.77. The van der Waals surface area contributed by atoms with Crippen LogP contribution < -0.4 is 5.32 Å². The molecule has 0 spiro atoms. The van der Waals surface area contributed by atoms with E-state index in [1.807, 2.05) is 11.0 Å². The van der Waals surface area contributed by atoms with Crippen molar-refractivity contribution in [2.45, 2.75) is 18.9 Å². The molecule has 0 radical (unpaired) electrons. The van der Waals surface area contributed by atoms with E-state index in [1.165, 1.54) is 0 Å². The van der Waals surface area contributed by atoms with E-state index in [9.17, 15) is 9.90 Å². The summed E-state index contributed by atoms with van der Waals surface area (Å²) >= 11 is 0. The molecule has 5 heteroatoms. The number of aliphatic hydroxyl groups excluding tert-OH is 1. The molecule has 1 aromatic rings. The maximum atomic E-state index is 11.8. The highest BCUT2D eigenvalue weighted by Crippen LogP contribution is 2.11. The minimum Gasteiger partial charge on any atom is -0.392 e. The maximum absolute atomic E-state index is 11.8. The molecule has 1 saturated heterocycles. The van der Waals surface area contributed by atoms with Crippen LogP contribution in [-0.2, 0) is 4.79 Å². The Morgan fingerprint density at radius 1 is 1.47 bits per heavy atom. The third kappa shape index (κ3) is 4.05. The van der Waals surface area contributed by atoms with Crippen molar-refractivity contribution in [2.75, 3.05) is 25.0 Å². The molecule has 0 saturated carbocycles. The number of rotatable bonds is 3. The summed E-state index contributed by atoms with van der Waals surface area (Å²) in [6.45, 7) is 1.69. The molecule has 1 amide bonds. The Labute approximate surface area is 112 Å². The van der Waals surface area contributed by atoms with Crippen molar-refractivity contribution >= 4 is 11.6 Å². The van der Waals surface area contributed by atoms with Gasteiger partial charge in [0, 0.05) is 12.2 Å². The SMILES string of the molecule is N#Cc1ccc(NC(=O)CN2CCC[C@H](O)C2)cc1. The van der Waals surface area contributed by atoms with Crippen molar-refractivity contribution < 1.29 is 9.90 Å². The van der Waals surface area contributed by atoms with E-state index in [0.717, 1.165) is 19.4 Å². The summed E-state index contributed by atoms with van der Waals surface area (Å²) in [6.07, 6.45) is 1.41. The number of hydrogen-bond donors (Lipinski definition) is 2.